The fraction of sp³-hybridized carbons (Fsp3) is 0.214. The second kappa shape index (κ2) is 5.66. The van der Waals surface area contributed by atoms with Crippen molar-refractivity contribution in [1.29, 1.82) is 0 Å². The molecule has 0 unspecified atom stereocenters. The molecular weight excluding hydrogens is 343 g/mol. The van der Waals surface area contributed by atoms with E-state index < -0.39 is 30.9 Å². The van der Waals surface area contributed by atoms with E-state index in [-0.39, 0.29) is 22.9 Å². The molecule has 0 atom stereocenters. The Hall–Kier alpha value is -1.84. The second-order valence-corrected chi connectivity index (χ2v) is 9.30. The molecule has 23 heavy (non-hydrogen) atoms. The first kappa shape index (κ1) is 16.0. The van der Waals surface area contributed by atoms with Crippen LogP contribution in [0.1, 0.15) is 0 Å². The van der Waals surface area contributed by atoms with E-state index in [2.05, 4.69) is 4.98 Å². The molecule has 0 amide bonds. The molecule has 1 aliphatic rings. The van der Waals surface area contributed by atoms with Gasteiger partial charge in [-0.05, 0) is 36.4 Å². The zero-order chi connectivity index (χ0) is 16.7. The van der Waals surface area contributed by atoms with Crippen molar-refractivity contribution in [3.63, 3.8) is 0 Å². The van der Waals surface area contributed by atoms with Crippen molar-refractivity contribution >= 4 is 19.9 Å². The van der Waals surface area contributed by atoms with Crippen LogP contribution in [0.4, 0.5) is 4.39 Å². The predicted octanol–water partition coefficient (Wildman–Crippen LogP) is 1.07. The van der Waals surface area contributed by atoms with Gasteiger partial charge in [0.15, 0.2) is 9.84 Å². The van der Waals surface area contributed by atoms with E-state index >= 15 is 0 Å². The third-order valence-electron chi connectivity index (χ3n) is 3.67. The van der Waals surface area contributed by atoms with Gasteiger partial charge in [-0.2, -0.15) is 4.31 Å². The number of sulfonamides is 1. The molecule has 1 fully saturated rings. The van der Waals surface area contributed by atoms with Crippen LogP contribution in [0.3, 0.4) is 0 Å². The Balaban J connectivity index is 1.77. The molecule has 3 rings (SSSR count). The number of hydrogen-bond donors (Lipinski definition) is 0. The highest BCUT2D eigenvalue weighted by Crippen LogP contribution is 2.28. The van der Waals surface area contributed by atoms with Crippen LogP contribution in [0, 0.1) is 5.82 Å². The molecule has 2 heterocycles. The Kier molecular flexibility index (Phi) is 3.95. The molecular formula is C14H13FN2O4S2. The number of nitrogens with zero attached hydrogens (tertiary/aromatic N) is 2. The highest BCUT2D eigenvalue weighted by molar-refractivity contribution is 7.92. The van der Waals surface area contributed by atoms with Crippen molar-refractivity contribution in [3.05, 3.63) is 54.6 Å². The molecule has 9 heteroatoms. The lowest BCUT2D eigenvalue weighted by Crippen LogP contribution is -2.56. The number of benzene rings is 1. The fourth-order valence-corrected chi connectivity index (χ4v) is 5.60. The Morgan fingerprint density at radius 2 is 1.65 bits per heavy atom. The van der Waals surface area contributed by atoms with Crippen molar-refractivity contribution in [2.45, 2.75) is 15.0 Å². The smallest absolute Gasteiger partial charge is 0.244 e. The highest BCUT2D eigenvalue weighted by Gasteiger charge is 2.44. The van der Waals surface area contributed by atoms with Gasteiger partial charge in [-0.1, -0.05) is 0 Å². The molecule has 0 N–H and O–H groups in total. The molecule has 0 saturated carbocycles. The second-order valence-electron chi connectivity index (χ2n) is 5.13. The van der Waals surface area contributed by atoms with E-state index in [1.165, 1.54) is 36.7 Å². The monoisotopic (exact) mass is 356 g/mol. The molecule has 1 aromatic carbocycles. The van der Waals surface area contributed by atoms with Crippen LogP contribution in [0.15, 0.2) is 58.6 Å². The summed E-state index contributed by atoms with van der Waals surface area (Å²) in [6.07, 6.45) is 2.67. The zero-order valence-electron chi connectivity index (χ0n) is 11.8. The third-order valence-corrected chi connectivity index (χ3v) is 7.59. The third kappa shape index (κ3) is 2.87. The minimum atomic E-state index is -3.74. The first-order chi connectivity index (χ1) is 10.8. The summed E-state index contributed by atoms with van der Waals surface area (Å²) < 4.78 is 63.4. The fourth-order valence-electron chi connectivity index (χ4n) is 2.26. The van der Waals surface area contributed by atoms with Crippen molar-refractivity contribution in [2.24, 2.45) is 0 Å². The molecule has 122 valence electrons. The number of aromatic nitrogens is 1. The van der Waals surface area contributed by atoms with Gasteiger partial charge in [0, 0.05) is 25.5 Å². The van der Waals surface area contributed by atoms with E-state index in [0.29, 0.717) is 0 Å². The van der Waals surface area contributed by atoms with Crippen LogP contribution in [-0.4, -0.2) is 44.5 Å². The molecule has 2 aromatic rings. The van der Waals surface area contributed by atoms with Crippen LogP contribution in [0.2, 0.25) is 0 Å². The van der Waals surface area contributed by atoms with Crippen molar-refractivity contribution < 1.29 is 21.2 Å². The standard InChI is InChI=1S/C14H13FN2O4S2/c15-11-3-5-12(6-4-11)22(18,19)14-9-17(10-14)23(20,21)13-2-1-7-16-8-13/h1-8,14H,9-10H2. The van der Waals surface area contributed by atoms with Crippen molar-refractivity contribution in [3.8, 4) is 0 Å². The van der Waals surface area contributed by atoms with Gasteiger partial charge in [-0.3, -0.25) is 4.98 Å². The summed E-state index contributed by atoms with van der Waals surface area (Å²) in [5.41, 5.74) is 0. The number of halogens is 1. The van der Waals surface area contributed by atoms with Gasteiger partial charge in [-0.25, -0.2) is 21.2 Å². The molecule has 1 aliphatic heterocycles. The summed E-state index contributed by atoms with van der Waals surface area (Å²) in [4.78, 5) is 3.77. The van der Waals surface area contributed by atoms with Gasteiger partial charge in [-0.15, -0.1) is 0 Å². The van der Waals surface area contributed by atoms with Gasteiger partial charge >= 0.3 is 0 Å². The summed E-state index contributed by atoms with van der Waals surface area (Å²) >= 11 is 0. The summed E-state index contributed by atoms with van der Waals surface area (Å²) in [7, 11) is -7.42. The van der Waals surface area contributed by atoms with Crippen LogP contribution in [-0.2, 0) is 19.9 Å². The maximum absolute atomic E-state index is 12.9. The van der Waals surface area contributed by atoms with Gasteiger partial charge in [0.2, 0.25) is 10.0 Å². The lowest BCUT2D eigenvalue weighted by Gasteiger charge is -2.37. The average Bonchev–Trinajstić information content (AvgIpc) is 2.46. The summed E-state index contributed by atoms with van der Waals surface area (Å²) in [6, 6.07) is 7.40. The summed E-state index contributed by atoms with van der Waals surface area (Å²) in [6.45, 7) is -0.256. The lowest BCUT2D eigenvalue weighted by molar-refractivity contribution is 0.309. The van der Waals surface area contributed by atoms with Crippen molar-refractivity contribution in [2.75, 3.05) is 13.1 Å². The molecule has 1 saturated heterocycles. The van der Waals surface area contributed by atoms with Crippen LogP contribution in [0.25, 0.3) is 0 Å². The van der Waals surface area contributed by atoms with Gasteiger partial charge in [0.25, 0.3) is 0 Å². The Morgan fingerprint density at radius 3 is 2.22 bits per heavy atom. The summed E-state index contributed by atoms with van der Waals surface area (Å²) in [5.74, 6) is -0.529. The van der Waals surface area contributed by atoms with E-state index in [1.807, 2.05) is 0 Å². The van der Waals surface area contributed by atoms with Crippen molar-refractivity contribution in [1.82, 2.24) is 9.29 Å². The molecule has 0 aliphatic carbocycles. The molecule has 1 aromatic heterocycles. The number of pyridine rings is 1. The Labute approximate surface area is 133 Å². The maximum atomic E-state index is 12.9. The molecule has 6 nitrogen and oxygen atoms in total. The van der Waals surface area contributed by atoms with E-state index in [1.54, 1.807) is 0 Å². The molecule has 0 spiro atoms. The molecule has 0 radical (unpaired) electrons. The number of hydrogen-bond acceptors (Lipinski definition) is 5. The van der Waals surface area contributed by atoms with Crippen LogP contribution in [0.5, 0.6) is 0 Å². The first-order valence-electron chi connectivity index (χ1n) is 6.71. The highest BCUT2D eigenvalue weighted by atomic mass is 32.2. The largest absolute Gasteiger partial charge is 0.263 e. The SMILES string of the molecule is O=S(=O)(c1ccc(F)cc1)C1CN(S(=O)(=O)c2cccnc2)C1. The van der Waals surface area contributed by atoms with E-state index in [4.69, 9.17) is 0 Å². The minimum absolute atomic E-state index is 0.0117. The number of rotatable bonds is 4. The first-order valence-corrected chi connectivity index (χ1v) is 9.70. The van der Waals surface area contributed by atoms with E-state index in [0.717, 1.165) is 16.4 Å². The van der Waals surface area contributed by atoms with E-state index in [9.17, 15) is 21.2 Å². The maximum Gasteiger partial charge on any atom is 0.244 e. The minimum Gasteiger partial charge on any atom is -0.263 e. The Bertz CT molecular complexity index is 907. The Morgan fingerprint density at radius 1 is 1.00 bits per heavy atom. The van der Waals surface area contributed by atoms with Gasteiger partial charge in [0.05, 0.1) is 10.1 Å². The predicted molar refractivity (Wildman–Crippen MR) is 80.4 cm³/mol. The lowest BCUT2D eigenvalue weighted by atomic mass is 10.3. The normalized spacial score (nSPS) is 16.9. The van der Waals surface area contributed by atoms with Gasteiger partial charge < -0.3 is 0 Å². The topological polar surface area (TPSA) is 84.4 Å². The van der Waals surface area contributed by atoms with Crippen LogP contribution >= 0.6 is 0 Å². The number of sulfone groups is 1. The average molecular weight is 356 g/mol. The summed E-state index contributed by atoms with van der Waals surface area (Å²) in [5, 5.41) is -0.834. The van der Waals surface area contributed by atoms with Gasteiger partial charge in [0.1, 0.15) is 10.7 Å². The molecule has 0 bridgehead atoms. The quantitative estimate of drug-likeness (QED) is 0.765. The van der Waals surface area contributed by atoms with Crippen LogP contribution < -0.4 is 0 Å². The zero-order valence-corrected chi connectivity index (χ0v) is 13.5.